The van der Waals surface area contributed by atoms with Crippen molar-refractivity contribution in [3.63, 3.8) is 0 Å². The molecule has 2 rings (SSSR count). The molecule has 0 unspecified atom stereocenters. The molecule has 0 radical (unpaired) electrons. The fourth-order valence-electron chi connectivity index (χ4n) is 2.93. The maximum Gasteiger partial charge on any atom is 0.223 e. The molecule has 0 spiro atoms. The summed E-state index contributed by atoms with van der Waals surface area (Å²) in [4.78, 5) is 14.0. The zero-order chi connectivity index (χ0) is 15.5. The maximum atomic E-state index is 12.1. The number of aryl methyl sites for hydroxylation is 1. The van der Waals surface area contributed by atoms with E-state index in [1.807, 2.05) is 17.9 Å². The minimum Gasteiger partial charge on any atom is -0.359 e. The molecule has 4 heteroatoms. The molecule has 21 heavy (non-hydrogen) atoms. The molecule has 4 nitrogen and oxygen atoms in total. The molecule has 1 aliphatic heterocycles. The maximum absolute atomic E-state index is 12.1. The van der Waals surface area contributed by atoms with Crippen molar-refractivity contribution in [2.75, 3.05) is 6.54 Å². The Balaban J connectivity index is 1.97. The van der Waals surface area contributed by atoms with E-state index in [0.29, 0.717) is 13.0 Å². The van der Waals surface area contributed by atoms with Crippen LogP contribution in [-0.2, 0) is 11.3 Å². The highest BCUT2D eigenvalue weighted by Crippen LogP contribution is 2.35. The molecular formula is C17H26N2O2. The average molecular weight is 290 g/mol. The van der Waals surface area contributed by atoms with Gasteiger partial charge >= 0.3 is 0 Å². The summed E-state index contributed by atoms with van der Waals surface area (Å²) in [7, 11) is 0. The van der Waals surface area contributed by atoms with Crippen molar-refractivity contribution in [1.82, 2.24) is 10.1 Å². The molecule has 1 atom stereocenters. The summed E-state index contributed by atoms with van der Waals surface area (Å²) >= 11 is 0. The third-order valence-corrected chi connectivity index (χ3v) is 4.19. The van der Waals surface area contributed by atoms with Crippen LogP contribution in [0.25, 0.3) is 0 Å². The summed E-state index contributed by atoms with van der Waals surface area (Å²) in [5, 5.41) is 3.89. The summed E-state index contributed by atoms with van der Waals surface area (Å²) in [5.41, 5.74) is 2.43. The van der Waals surface area contributed by atoms with E-state index in [1.54, 1.807) is 0 Å². The first-order chi connectivity index (χ1) is 9.88. The topological polar surface area (TPSA) is 46.3 Å². The van der Waals surface area contributed by atoms with Gasteiger partial charge in [0.15, 0.2) is 5.76 Å². The second kappa shape index (κ2) is 6.46. The van der Waals surface area contributed by atoms with Gasteiger partial charge in [0.05, 0.1) is 12.2 Å². The van der Waals surface area contributed by atoms with Gasteiger partial charge in [0.2, 0.25) is 5.91 Å². The van der Waals surface area contributed by atoms with Crippen molar-refractivity contribution in [3.8, 4) is 0 Å². The minimum atomic E-state index is 0.203. The zero-order valence-electron chi connectivity index (χ0n) is 13.6. The molecule has 0 aliphatic carbocycles. The Labute approximate surface area is 127 Å². The number of allylic oxidation sites excluding steroid dienone is 2. The first kappa shape index (κ1) is 15.8. The molecule has 0 bridgehead atoms. The normalized spacial score (nSPS) is 22.5. The average Bonchev–Trinajstić information content (AvgIpc) is 2.79. The predicted molar refractivity (Wildman–Crippen MR) is 82.7 cm³/mol. The molecule has 0 aromatic carbocycles. The van der Waals surface area contributed by atoms with E-state index in [0.717, 1.165) is 37.3 Å². The van der Waals surface area contributed by atoms with Gasteiger partial charge in [0.1, 0.15) is 0 Å². The van der Waals surface area contributed by atoms with Crippen LogP contribution in [0.4, 0.5) is 0 Å². The van der Waals surface area contributed by atoms with Crippen LogP contribution in [0.5, 0.6) is 0 Å². The van der Waals surface area contributed by atoms with Crippen LogP contribution in [0.15, 0.2) is 22.2 Å². The molecule has 1 aliphatic rings. The summed E-state index contributed by atoms with van der Waals surface area (Å²) < 4.78 is 5.24. The van der Waals surface area contributed by atoms with Gasteiger partial charge in [-0.05, 0) is 45.4 Å². The van der Waals surface area contributed by atoms with Crippen molar-refractivity contribution in [2.24, 2.45) is 5.41 Å². The van der Waals surface area contributed by atoms with Crippen molar-refractivity contribution in [3.05, 3.63) is 29.2 Å². The molecule has 2 heterocycles. The lowest BCUT2D eigenvalue weighted by Gasteiger charge is -2.40. The van der Waals surface area contributed by atoms with Crippen molar-refractivity contribution < 1.29 is 9.32 Å². The summed E-state index contributed by atoms with van der Waals surface area (Å²) in [6.07, 6.45) is 6.11. The standard InChI is InChI=1S/C17H26N2O2/c1-13(2)6-5-8-17(4)9-7-16(20)19(12-17)11-15-10-14(3)18-21-15/h6,10H,5,7-9,11-12H2,1-4H3/t17-/m1/s1. The molecule has 0 saturated carbocycles. The van der Waals surface area contributed by atoms with E-state index < -0.39 is 0 Å². The second-order valence-electron chi connectivity index (χ2n) is 6.82. The van der Waals surface area contributed by atoms with Crippen LogP contribution < -0.4 is 0 Å². The SMILES string of the molecule is CC(C)=CCC[C@]1(C)CCC(=O)N(Cc2cc(C)no2)C1. The smallest absolute Gasteiger partial charge is 0.223 e. The molecule has 1 aromatic heterocycles. The van der Waals surface area contributed by atoms with Gasteiger partial charge in [0, 0.05) is 19.0 Å². The minimum absolute atomic E-state index is 0.203. The van der Waals surface area contributed by atoms with E-state index in [4.69, 9.17) is 4.52 Å². The summed E-state index contributed by atoms with van der Waals surface area (Å²) in [5.74, 6) is 0.998. The number of piperidine rings is 1. The lowest BCUT2D eigenvalue weighted by molar-refractivity contribution is -0.138. The molecule has 1 amide bonds. The predicted octanol–water partition coefficient (Wildman–Crippen LogP) is 3.86. The Hall–Kier alpha value is -1.58. The highest BCUT2D eigenvalue weighted by Gasteiger charge is 2.34. The number of likely N-dealkylation sites (tertiary alicyclic amines) is 1. The third-order valence-electron chi connectivity index (χ3n) is 4.19. The number of amides is 1. The largest absolute Gasteiger partial charge is 0.359 e. The number of aromatic nitrogens is 1. The van der Waals surface area contributed by atoms with E-state index in [2.05, 4.69) is 32.0 Å². The van der Waals surface area contributed by atoms with Gasteiger partial charge in [0.25, 0.3) is 0 Å². The van der Waals surface area contributed by atoms with E-state index in [9.17, 15) is 4.79 Å². The van der Waals surface area contributed by atoms with Crippen LogP contribution >= 0.6 is 0 Å². The lowest BCUT2D eigenvalue weighted by atomic mass is 9.77. The Morgan fingerprint density at radius 3 is 2.90 bits per heavy atom. The zero-order valence-corrected chi connectivity index (χ0v) is 13.6. The number of hydrogen-bond acceptors (Lipinski definition) is 3. The summed E-state index contributed by atoms with van der Waals surface area (Å²) in [6.45, 7) is 9.79. The van der Waals surface area contributed by atoms with Crippen molar-refractivity contribution >= 4 is 5.91 Å². The number of nitrogens with zero attached hydrogens (tertiary/aromatic N) is 2. The Kier molecular flexibility index (Phi) is 4.86. The van der Waals surface area contributed by atoms with Crippen molar-refractivity contribution in [1.29, 1.82) is 0 Å². The molecule has 116 valence electrons. The van der Waals surface area contributed by atoms with E-state index in [1.165, 1.54) is 5.57 Å². The number of carbonyl (C=O) groups is 1. The Morgan fingerprint density at radius 2 is 2.29 bits per heavy atom. The monoisotopic (exact) mass is 290 g/mol. The number of rotatable bonds is 5. The third kappa shape index (κ3) is 4.45. The lowest BCUT2D eigenvalue weighted by Crippen LogP contribution is -2.44. The van der Waals surface area contributed by atoms with E-state index >= 15 is 0 Å². The first-order valence-electron chi connectivity index (χ1n) is 7.71. The van der Waals surface area contributed by atoms with Crippen molar-refractivity contribution in [2.45, 2.75) is 59.9 Å². The van der Waals surface area contributed by atoms with Gasteiger partial charge in [-0.1, -0.05) is 23.7 Å². The van der Waals surface area contributed by atoms with Crippen LogP contribution in [-0.4, -0.2) is 22.5 Å². The molecule has 1 saturated heterocycles. The van der Waals surface area contributed by atoms with Crippen LogP contribution in [0.2, 0.25) is 0 Å². The first-order valence-corrected chi connectivity index (χ1v) is 7.71. The van der Waals surface area contributed by atoms with Gasteiger partial charge in [-0.25, -0.2) is 0 Å². The van der Waals surface area contributed by atoms with Gasteiger partial charge < -0.3 is 9.42 Å². The second-order valence-corrected chi connectivity index (χ2v) is 6.82. The van der Waals surface area contributed by atoms with Gasteiger partial charge in [-0.15, -0.1) is 0 Å². The Morgan fingerprint density at radius 1 is 1.52 bits per heavy atom. The molecular weight excluding hydrogens is 264 g/mol. The molecule has 1 fully saturated rings. The van der Waals surface area contributed by atoms with Gasteiger partial charge in [-0.3, -0.25) is 4.79 Å². The quantitative estimate of drug-likeness (QED) is 0.774. The summed E-state index contributed by atoms with van der Waals surface area (Å²) in [6, 6.07) is 1.91. The van der Waals surface area contributed by atoms with Crippen LogP contribution in [0, 0.1) is 12.3 Å². The van der Waals surface area contributed by atoms with Crippen LogP contribution in [0.1, 0.15) is 57.9 Å². The van der Waals surface area contributed by atoms with Gasteiger partial charge in [-0.2, -0.15) is 0 Å². The number of hydrogen-bond donors (Lipinski definition) is 0. The van der Waals surface area contributed by atoms with E-state index in [-0.39, 0.29) is 11.3 Å². The highest BCUT2D eigenvalue weighted by molar-refractivity contribution is 5.77. The fraction of sp³-hybridized carbons (Fsp3) is 0.647. The van der Waals surface area contributed by atoms with Crippen LogP contribution in [0.3, 0.4) is 0 Å². The number of carbonyl (C=O) groups excluding carboxylic acids is 1. The molecule has 0 N–H and O–H groups in total. The highest BCUT2D eigenvalue weighted by atomic mass is 16.5. The fourth-order valence-corrected chi connectivity index (χ4v) is 2.93. The Bertz CT molecular complexity index is 529. The molecule has 1 aromatic rings.